The molecule has 0 aliphatic rings. The topological polar surface area (TPSA) is 94.7 Å². The van der Waals surface area contributed by atoms with Gasteiger partial charge in [-0.05, 0) is 57.2 Å². The van der Waals surface area contributed by atoms with Crippen molar-refractivity contribution in [2.45, 2.75) is 26.3 Å². The van der Waals surface area contributed by atoms with Crippen molar-refractivity contribution in [2.24, 2.45) is 0 Å². The highest BCUT2D eigenvalue weighted by Crippen LogP contribution is 2.20. The molecule has 0 radical (unpaired) electrons. The SMILES string of the molecule is CC(C)(C)NC(=O)Nc1cccc(Nc2nccc(-c3ccc[nH]3)n2)c1. The molecular formula is C19H22N6O. The van der Waals surface area contributed by atoms with Gasteiger partial charge in [-0.25, -0.2) is 14.8 Å². The Morgan fingerprint density at radius 1 is 1.08 bits per heavy atom. The number of carbonyl (C=O) groups is 1. The number of anilines is 3. The standard InChI is InChI=1S/C19H22N6O/c1-19(2,3)25-18(26)23-14-7-4-6-13(12-14)22-17-21-11-9-16(24-17)15-8-5-10-20-15/h4-12,20H,1-3H3,(H,21,22,24)(H2,23,25,26). The van der Waals surface area contributed by atoms with Gasteiger partial charge in [-0.3, -0.25) is 0 Å². The first-order valence-electron chi connectivity index (χ1n) is 8.32. The van der Waals surface area contributed by atoms with Crippen LogP contribution in [0.15, 0.2) is 54.9 Å². The summed E-state index contributed by atoms with van der Waals surface area (Å²) in [4.78, 5) is 23.9. The van der Waals surface area contributed by atoms with E-state index in [1.165, 1.54) is 0 Å². The Balaban J connectivity index is 1.71. The van der Waals surface area contributed by atoms with Gasteiger partial charge in [0.1, 0.15) is 0 Å². The summed E-state index contributed by atoms with van der Waals surface area (Å²) in [6.07, 6.45) is 3.55. The third-order valence-electron chi connectivity index (χ3n) is 3.39. The highest BCUT2D eigenvalue weighted by atomic mass is 16.2. The number of amides is 2. The molecule has 7 nitrogen and oxygen atoms in total. The number of rotatable bonds is 4. The van der Waals surface area contributed by atoms with Gasteiger partial charge in [0.2, 0.25) is 5.95 Å². The van der Waals surface area contributed by atoms with Gasteiger partial charge in [0.15, 0.2) is 0 Å². The Morgan fingerprint density at radius 3 is 2.62 bits per heavy atom. The van der Waals surface area contributed by atoms with Crippen molar-refractivity contribution in [3.05, 3.63) is 54.9 Å². The number of hydrogen-bond donors (Lipinski definition) is 4. The molecule has 0 fully saturated rings. The van der Waals surface area contributed by atoms with Crippen LogP contribution in [0.4, 0.5) is 22.1 Å². The van der Waals surface area contributed by atoms with E-state index in [1.54, 1.807) is 6.20 Å². The smallest absolute Gasteiger partial charge is 0.319 e. The molecule has 26 heavy (non-hydrogen) atoms. The summed E-state index contributed by atoms with van der Waals surface area (Å²) < 4.78 is 0. The van der Waals surface area contributed by atoms with Gasteiger partial charge in [0, 0.05) is 29.3 Å². The first kappa shape index (κ1) is 17.5. The van der Waals surface area contributed by atoms with Gasteiger partial charge < -0.3 is 20.9 Å². The summed E-state index contributed by atoms with van der Waals surface area (Å²) in [6, 6.07) is 12.8. The molecule has 134 valence electrons. The van der Waals surface area contributed by atoms with E-state index < -0.39 is 0 Å². The molecule has 0 atom stereocenters. The van der Waals surface area contributed by atoms with E-state index >= 15 is 0 Å². The summed E-state index contributed by atoms with van der Waals surface area (Å²) in [6.45, 7) is 5.79. The number of nitrogens with one attached hydrogen (secondary N) is 4. The van der Waals surface area contributed by atoms with E-state index in [1.807, 2.05) is 69.4 Å². The van der Waals surface area contributed by atoms with E-state index in [2.05, 4.69) is 30.9 Å². The number of nitrogens with zero attached hydrogens (tertiary/aromatic N) is 2. The van der Waals surface area contributed by atoms with Crippen molar-refractivity contribution in [3.63, 3.8) is 0 Å². The quantitative estimate of drug-likeness (QED) is 0.569. The molecule has 1 aromatic carbocycles. The molecule has 7 heteroatoms. The largest absolute Gasteiger partial charge is 0.360 e. The van der Waals surface area contributed by atoms with Crippen LogP contribution in [0.2, 0.25) is 0 Å². The second-order valence-electron chi connectivity index (χ2n) is 6.88. The van der Waals surface area contributed by atoms with Crippen molar-refractivity contribution in [2.75, 3.05) is 10.6 Å². The Morgan fingerprint density at radius 2 is 1.88 bits per heavy atom. The first-order chi connectivity index (χ1) is 12.4. The lowest BCUT2D eigenvalue weighted by molar-refractivity contribution is 0.244. The number of urea groups is 1. The van der Waals surface area contributed by atoms with Gasteiger partial charge in [-0.2, -0.15) is 0 Å². The molecule has 3 rings (SSSR count). The maximum atomic E-state index is 12.0. The third kappa shape index (κ3) is 4.83. The number of aromatic amines is 1. The molecule has 0 aliphatic heterocycles. The summed E-state index contributed by atoms with van der Waals surface area (Å²) in [5, 5.41) is 8.84. The zero-order valence-electron chi connectivity index (χ0n) is 15.0. The molecule has 0 unspecified atom stereocenters. The molecule has 0 saturated heterocycles. The van der Waals surface area contributed by atoms with Crippen LogP contribution in [-0.4, -0.2) is 26.5 Å². The fourth-order valence-electron chi connectivity index (χ4n) is 2.37. The fourth-order valence-corrected chi connectivity index (χ4v) is 2.37. The normalized spacial score (nSPS) is 11.0. The highest BCUT2D eigenvalue weighted by Gasteiger charge is 2.13. The van der Waals surface area contributed by atoms with E-state index in [9.17, 15) is 4.79 Å². The number of carbonyl (C=O) groups excluding carboxylic acids is 1. The molecule has 2 heterocycles. The lowest BCUT2D eigenvalue weighted by Gasteiger charge is -2.20. The van der Waals surface area contributed by atoms with Crippen molar-refractivity contribution >= 4 is 23.4 Å². The van der Waals surface area contributed by atoms with Crippen LogP contribution in [0, 0.1) is 0 Å². The van der Waals surface area contributed by atoms with Gasteiger partial charge in [0.25, 0.3) is 0 Å². The minimum atomic E-state index is -0.300. The number of aromatic nitrogens is 3. The van der Waals surface area contributed by atoms with Crippen LogP contribution in [-0.2, 0) is 0 Å². The zero-order chi connectivity index (χ0) is 18.6. The Hall–Kier alpha value is -3.35. The van der Waals surface area contributed by atoms with E-state index in [-0.39, 0.29) is 11.6 Å². The van der Waals surface area contributed by atoms with Gasteiger partial charge in [0.05, 0.1) is 11.4 Å². The Kier molecular flexibility index (Phi) is 4.88. The van der Waals surface area contributed by atoms with E-state index in [0.29, 0.717) is 11.6 Å². The summed E-state index contributed by atoms with van der Waals surface area (Å²) in [5.74, 6) is 0.480. The third-order valence-corrected chi connectivity index (χ3v) is 3.39. The first-order valence-corrected chi connectivity index (χ1v) is 8.32. The Bertz CT molecular complexity index is 883. The minimum absolute atomic E-state index is 0.250. The molecular weight excluding hydrogens is 328 g/mol. The van der Waals surface area contributed by atoms with E-state index in [0.717, 1.165) is 17.1 Å². The molecule has 3 aromatic rings. The van der Waals surface area contributed by atoms with Crippen LogP contribution in [0.25, 0.3) is 11.4 Å². The van der Waals surface area contributed by atoms with Gasteiger partial charge in [-0.15, -0.1) is 0 Å². The highest BCUT2D eigenvalue weighted by molar-refractivity contribution is 5.90. The van der Waals surface area contributed by atoms with E-state index in [4.69, 9.17) is 0 Å². The van der Waals surface area contributed by atoms with Crippen LogP contribution < -0.4 is 16.0 Å². The predicted molar refractivity (Wildman–Crippen MR) is 103 cm³/mol. The summed E-state index contributed by atoms with van der Waals surface area (Å²) in [5.41, 5.74) is 2.88. The second-order valence-corrected chi connectivity index (χ2v) is 6.88. The maximum Gasteiger partial charge on any atom is 0.319 e. The minimum Gasteiger partial charge on any atom is -0.360 e. The summed E-state index contributed by atoms with van der Waals surface area (Å²) >= 11 is 0. The molecule has 0 aliphatic carbocycles. The van der Waals surface area contributed by atoms with Crippen molar-refractivity contribution in [1.29, 1.82) is 0 Å². The molecule has 2 aromatic heterocycles. The van der Waals surface area contributed by atoms with Gasteiger partial charge in [-0.1, -0.05) is 6.07 Å². The lowest BCUT2D eigenvalue weighted by Crippen LogP contribution is -2.43. The molecule has 4 N–H and O–H groups in total. The second kappa shape index (κ2) is 7.26. The van der Waals surface area contributed by atoms with Crippen LogP contribution >= 0.6 is 0 Å². The maximum absolute atomic E-state index is 12.0. The summed E-state index contributed by atoms with van der Waals surface area (Å²) in [7, 11) is 0. The fraction of sp³-hybridized carbons (Fsp3) is 0.211. The zero-order valence-corrected chi connectivity index (χ0v) is 15.0. The molecule has 0 spiro atoms. The average Bonchev–Trinajstić information content (AvgIpc) is 3.08. The van der Waals surface area contributed by atoms with Crippen molar-refractivity contribution in [1.82, 2.24) is 20.3 Å². The monoisotopic (exact) mass is 350 g/mol. The molecule has 0 saturated carbocycles. The predicted octanol–water partition coefficient (Wildman–Crippen LogP) is 4.14. The van der Waals surface area contributed by atoms with Crippen LogP contribution in [0.3, 0.4) is 0 Å². The van der Waals surface area contributed by atoms with Crippen molar-refractivity contribution in [3.8, 4) is 11.4 Å². The molecule has 2 amide bonds. The number of hydrogen-bond acceptors (Lipinski definition) is 4. The molecule has 0 bridgehead atoms. The number of H-pyrrole nitrogens is 1. The average molecular weight is 350 g/mol. The van der Waals surface area contributed by atoms with Crippen molar-refractivity contribution < 1.29 is 4.79 Å². The van der Waals surface area contributed by atoms with Gasteiger partial charge >= 0.3 is 6.03 Å². The van der Waals surface area contributed by atoms with Crippen LogP contribution in [0.5, 0.6) is 0 Å². The van der Waals surface area contributed by atoms with Crippen LogP contribution in [0.1, 0.15) is 20.8 Å². The lowest BCUT2D eigenvalue weighted by atomic mass is 10.1. The number of benzene rings is 1. The Labute approximate surface area is 152 Å².